The molecule has 1 aromatic heterocycles. The van der Waals surface area contributed by atoms with E-state index in [1.807, 2.05) is 54.6 Å². The number of hydrogen-bond donors (Lipinski definition) is 2. The van der Waals surface area contributed by atoms with Crippen LogP contribution in [0, 0.1) is 16.0 Å². The molecule has 0 spiro atoms. The maximum atomic E-state index is 13.4. The average Bonchev–Trinajstić information content (AvgIpc) is 3.67. The predicted octanol–water partition coefficient (Wildman–Crippen LogP) is 6.54. The summed E-state index contributed by atoms with van der Waals surface area (Å²) >= 11 is 2.64. The summed E-state index contributed by atoms with van der Waals surface area (Å²) in [6.45, 7) is 0. The predicted molar refractivity (Wildman–Crippen MR) is 146 cm³/mol. The van der Waals surface area contributed by atoms with Gasteiger partial charge in [-0.1, -0.05) is 48.5 Å². The van der Waals surface area contributed by atoms with Gasteiger partial charge in [-0.25, -0.2) is 4.98 Å². The summed E-state index contributed by atoms with van der Waals surface area (Å²) in [6.07, 6.45) is 1.85. The molecule has 0 bridgehead atoms. The smallest absolute Gasteiger partial charge is 0.270 e. The Kier molecular flexibility index (Phi) is 7.29. The number of benzene rings is 3. The van der Waals surface area contributed by atoms with Crippen molar-refractivity contribution < 1.29 is 14.5 Å². The highest BCUT2D eigenvalue weighted by Gasteiger charge is 2.29. The van der Waals surface area contributed by atoms with Gasteiger partial charge in [0.05, 0.1) is 10.6 Å². The first-order valence-corrected chi connectivity index (χ1v) is 13.4. The second-order valence-electron chi connectivity index (χ2n) is 8.53. The number of carbonyl (C=O) groups is 2. The number of nitro benzene ring substituents is 1. The van der Waals surface area contributed by atoms with Gasteiger partial charge in [0.2, 0.25) is 11.8 Å². The Balaban J connectivity index is 1.34. The molecule has 1 heterocycles. The number of amides is 2. The minimum Gasteiger partial charge on any atom is -0.326 e. The van der Waals surface area contributed by atoms with E-state index in [9.17, 15) is 19.7 Å². The van der Waals surface area contributed by atoms with E-state index in [-0.39, 0.29) is 23.4 Å². The molecule has 10 heteroatoms. The van der Waals surface area contributed by atoms with E-state index in [0.717, 1.165) is 23.3 Å². The molecule has 2 N–H and O–H groups in total. The molecular formula is C27H22N4O4S2. The Bertz CT molecular complexity index is 1450. The van der Waals surface area contributed by atoms with Gasteiger partial charge in [-0.15, -0.1) is 23.1 Å². The van der Waals surface area contributed by atoms with Crippen molar-refractivity contribution in [1.82, 2.24) is 4.98 Å². The number of thiazole rings is 1. The SMILES string of the molecule is O=C(Nc1cccc(SC(C(=O)Nc2nc(-c3cccc([N+](=O)[O-])c3)cs2)c2ccccc2)c1)C1CC1. The van der Waals surface area contributed by atoms with E-state index in [1.54, 1.807) is 17.5 Å². The van der Waals surface area contributed by atoms with Gasteiger partial charge in [0, 0.05) is 39.6 Å². The number of non-ortho nitro benzene ring substituents is 1. The standard InChI is InChI=1S/C27H22N4O4S2/c32-25(18-12-13-18)28-20-9-5-11-22(15-20)37-24(17-6-2-1-3-7-17)26(33)30-27-29-23(16-36-27)19-8-4-10-21(14-19)31(34)35/h1-11,14-16,18,24H,12-13H2,(H,28,32)(H,29,30,33). The number of nitrogens with zero attached hydrogens (tertiary/aromatic N) is 2. The first-order valence-electron chi connectivity index (χ1n) is 11.6. The summed E-state index contributed by atoms with van der Waals surface area (Å²) in [5.74, 6) is -0.115. The van der Waals surface area contributed by atoms with Gasteiger partial charge in [0.15, 0.2) is 5.13 Å². The molecule has 3 aromatic carbocycles. The highest BCUT2D eigenvalue weighted by molar-refractivity contribution is 8.00. The molecule has 186 valence electrons. The van der Waals surface area contributed by atoms with Crippen LogP contribution in [0.4, 0.5) is 16.5 Å². The zero-order valence-corrected chi connectivity index (χ0v) is 21.1. The Labute approximate surface area is 221 Å². The maximum Gasteiger partial charge on any atom is 0.270 e. The molecule has 0 radical (unpaired) electrons. The molecule has 37 heavy (non-hydrogen) atoms. The molecule has 1 atom stereocenters. The van der Waals surface area contributed by atoms with Crippen molar-refractivity contribution in [2.75, 3.05) is 10.6 Å². The third kappa shape index (κ3) is 6.22. The molecule has 1 unspecified atom stereocenters. The van der Waals surface area contributed by atoms with E-state index in [2.05, 4.69) is 15.6 Å². The first kappa shape index (κ1) is 24.7. The van der Waals surface area contributed by atoms with Crippen LogP contribution in [0.1, 0.15) is 23.7 Å². The largest absolute Gasteiger partial charge is 0.326 e. The van der Waals surface area contributed by atoms with Crippen molar-refractivity contribution in [3.63, 3.8) is 0 Å². The molecule has 2 amide bonds. The number of carbonyl (C=O) groups excluding carboxylic acids is 2. The van der Waals surface area contributed by atoms with E-state index in [1.165, 1.54) is 35.2 Å². The van der Waals surface area contributed by atoms with Crippen LogP contribution in [-0.2, 0) is 9.59 Å². The number of rotatable bonds is 9. The third-order valence-electron chi connectivity index (χ3n) is 5.73. The van der Waals surface area contributed by atoms with Crippen LogP contribution >= 0.6 is 23.1 Å². The number of hydrogen-bond acceptors (Lipinski definition) is 7. The van der Waals surface area contributed by atoms with Gasteiger partial charge >= 0.3 is 0 Å². The van der Waals surface area contributed by atoms with Gasteiger partial charge in [-0.2, -0.15) is 0 Å². The topological polar surface area (TPSA) is 114 Å². The van der Waals surface area contributed by atoms with Crippen molar-refractivity contribution in [2.45, 2.75) is 23.0 Å². The fourth-order valence-corrected chi connectivity index (χ4v) is 5.49. The Morgan fingerprint density at radius 1 is 1.00 bits per heavy atom. The van der Waals surface area contributed by atoms with Gasteiger partial charge < -0.3 is 10.6 Å². The number of aromatic nitrogens is 1. The lowest BCUT2D eigenvalue weighted by atomic mass is 10.1. The lowest BCUT2D eigenvalue weighted by Gasteiger charge is -2.17. The summed E-state index contributed by atoms with van der Waals surface area (Å²) in [7, 11) is 0. The van der Waals surface area contributed by atoms with Crippen molar-refractivity contribution in [2.24, 2.45) is 5.92 Å². The van der Waals surface area contributed by atoms with E-state index >= 15 is 0 Å². The zero-order chi connectivity index (χ0) is 25.8. The molecule has 1 aliphatic rings. The minimum absolute atomic E-state index is 0.0211. The summed E-state index contributed by atoms with van der Waals surface area (Å²) < 4.78 is 0. The van der Waals surface area contributed by atoms with E-state index in [0.29, 0.717) is 22.1 Å². The van der Waals surface area contributed by atoms with Crippen LogP contribution in [-0.4, -0.2) is 21.7 Å². The minimum atomic E-state index is -0.569. The highest BCUT2D eigenvalue weighted by atomic mass is 32.2. The van der Waals surface area contributed by atoms with Crippen molar-refractivity contribution in [1.29, 1.82) is 0 Å². The molecule has 1 aliphatic carbocycles. The maximum absolute atomic E-state index is 13.4. The van der Waals surface area contributed by atoms with Crippen molar-refractivity contribution in [3.8, 4) is 11.3 Å². The number of nitro groups is 1. The normalized spacial score (nSPS) is 13.5. The number of nitrogens with one attached hydrogen (secondary N) is 2. The summed E-state index contributed by atoms with van der Waals surface area (Å²) in [5.41, 5.74) is 2.66. The monoisotopic (exact) mass is 530 g/mol. The first-order chi connectivity index (χ1) is 18.0. The lowest BCUT2D eigenvalue weighted by molar-refractivity contribution is -0.384. The second kappa shape index (κ2) is 10.9. The Hall–Kier alpha value is -4.02. The van der Waals surface area contributed by atoms with Crippen LogP contribution in [0.3, 0.4) is 0 Å². The van der Waals surface area contributed by atoms with Gasteiger partial charge in [-0.3, -0.25) is 19.7 Å². The molecule has 0 saturated heterocycles. The van der Waals surface area contributed by atoms with Crippen LogP contribution in [0.25, 0.3) is 11.3 Å². The fraction of sp³-hybridized carbons (Fsp3) is 0.148. The van der Waals surface area contributed by atoms with Crippen LogP contribution in [0.2, 0.25) is 0 Å². The van der Waals surface area contributed by atoms with Gasteiger partial charge in [-0.05, 0) is 36.6 Å². The Morgan fingerprint density at radius 3 is 2.54 bits per heavy atom. The zero-order valence-electron chi connectivity index (χ0n) is 19.5. The second-order valence-corrected chi connectivity index (χ2v) is 10.6. The van der Waals surface area contributed by atoms with Crippen LogP contribution in [0.5, 0.6) is 0 Å². The van der Waals surface area contributed by atoms with Crippen molar-refractivity contribution >= 4 is 51.4 Å². The Morgan fingerprint density at radius 2 is 1.78 bits per heavy atom. The summed E-state index contributed by atoms with van der Waals surface area (Å²) in [4.78, 5) is 41.6. The molecule has 8 nitrogen and oxygen atoms in total. The molecule has 4 aromatic rings. The van der Waals surface area contributed by atoms with E-state index < -0.39 is 10.2 Å². The molecule has 1 fully saturated rings. The van der Waals surface area contributed by atoms with Crippen molar-refractivity contribution in [3.05, 3.63) is 99.9 Å². The third-order valence-corrected chi connectivity index (χ3v) is 7.74. The fourth-order valence-electron chi connectivity index (χ4n) is 3.69. The van der Waals surface area contributed by atoms with Gasteiger partial charge in [0.25, 0.3) is 5.69 Å². The average molecular weight is 531 g/mol. The quantitative estimate of drug-likeness (QED) is 0.144. The lowest BCUT2D eigenvalue weighted by Crippen LogP contribution is -2.19. The van der Waals surface area contributed by atoms with E-state index in [4.69, 9.17) is 0 Å². The highest BCUT2D eigenvalue weighted by Crippen LogP contribution is 2.38. The number of thioether (sulfide) groups is 1. The molecule has 0 aliphatic heterocycles. The molecular weight excluding hydrogens is 508 g/mol. The number of anilines is 2. The summed E-state index contributed by atoms with van der Waals surface area (Å²) in [6, 6.07) is 23.2. The van der Waals surface area contributed by atoms with Gasteiger partial charge in [0.1, 0.15) is 5.25 Å². The summed E-state index contributed by atoms with van der Waals surface area (Å²) in [5, 5.41) is 18.6. The molecule has 5 rings (SSSR count). The molecule has 1 saturated carbocycles. The van der Waals surface area contributed by atoms with Crippen LogP contribution in [0.15, 0.2) is 89.1 Å². The van der Waals surface area contributed by atoms with Crippen LogP contribution < -0.4 is 10.6 Å².